The van der Waals surface area contributed by atoms with Crippen molar-refractivity contribution < 1.29 is 19.2 Å². The van der Waals surface area contributed by atoms with E-state index in [1.807, 2.05) is 13.8 Å². The van der Waals surface area contributed by atoms with Crippen molar-refractivity contribution in [2.24, 2.45) is 0 Å². The van der Waals surface area contributed by atoms with E-state index in [2.05, 4.69) is 5.32 Å². The van der Waals surface area contributed by atoms with Gasteiger partial charge in [0, 0.05) is 10.9 Å². The van der Waals surface area contributed by atoms with Gasteiger partial charge in [-0.3, -0.25) is 14.9 Å². The number of nitro benzene ring substituents is 1. The van der Waals surface area contributed by atoms with Gasteiger partial charge >= 0.3 is 5.97 Å². The summed E-state index contributed by atoms with van der Waals surface area (Å²) in [5.74, 6) is -1.21. The van der Waals surface area contributed by atoms with Crippen LogP contribution in [0.15, 0.2) is 18.2 Å². The van der Waals surface area contributed by atoms with Crippen LogP contribution in [0.25, 0.3) is 0 Å². The number of amides is 1. The number of ether oxygens (including phenoxy) is 1. The van der Waals surface area contributed by atoms with Crippen molar-refractivity contribution >= 4 is 34.6 Å². The summed E-state index contributed by atoms with van der Waals surface area (Å²) in [6.07, 6.45) is 0.820. The quantitative estimate of drug-likeness (QED) is 0.468. The van der Waals surface area contributed by atoms with E-state index in [1.165, 1.54) is 17.4 Å². The lowest BCUT2D eigenvalue weighted by molar-refractivity contribution is -0.384. The van der Waals surface area contributed by atoms with Crippen molar-refractivity contribution in [3.8, 4) is 0 Å². The molecule has 0 atom stereocenters. The van der Waals surface area contributed by atoms with Crippen molar-refractivity contribution in [3.05, 3.63) is 54.8 Å². The van der Waals surface area contributed by atoms with E-state index in [0.717, 1.165) is 22.4 Å². The molecular weight excluding hydrogens is 356 g/mol. The van der Waals surface area contributed by atoms with Crippen LogP contribution >= 0.6 is 11.3 Å². The fraction of sp³-hybridized carbons (Fsp3) is 0.333. The van der Waals surface area contributed by atoms with Gasteiger partial charge in [-0.1, -0.05) is 13.0 Å². The number of hydrogen-bond donors (Lipinski definition) is 1. The summed E-state index contributed by atoms with van der Waals surface area (Å²) in [6, 6.07) is 4.69. The molecule has 0 bridgehead atoms. The second-order valence-corrected chi connectivity index (χ2v) is 6.99. The third kappa shape index (κ3) is 4.26. The first-order valence-corrected chi connectivity index (χ1v) is 8.87. The zero-order valence-corrected chi connectivity index (χ0v) is 15.9. The van der Waals surface area contributed by atoms with Gasteiger partial charge in [-0.25, -0.2) is 4.79 Å². The van der Waals surface area contributed by atoms with Crippen LogP contribution in [-0.2, 0) is 16.0 Å². The lowest BCUT2D eigenvalue weighted by atomic mass is 10.1. The molecule has 8 heteroatoms. The van der Waals surface area contributed by atoms with E-state index in [1.54, 1.807) is 26.0 Å². The van der Waals surface area contributed by atoms with Gasteiger partial charge in [0.25, 0.3) is 11.6 Å². The number of rotatable bonds is 6. The normalized spacial score (nSPS) is 10.5. The molecule has 26 heavy (non-hydrogen) atoms. The SMILES string of the molecule is CCc1sc(C(=O)OCC(=O)Nc2c([N+](=O)[O-])ccc(C)c2C)cc1C. The molecule has 0 unspecified atom stereocenters. The van der Waals surface area contributed by atoms with Gasteiger partial charge < -0.3 is 10.1 Å². The lowest BCUT2D eigenvalue weighted by Crippen LogP contribution is -2.21. The van der Waals surface area contributed by atoms with Gasteiger partial charge in [0.15, 0.2) is 6.61 Å². The molecule has 0 aliphatic heterocycles. The molecule has 7 nitrogen and oxygen atoms in total. The fourth-order valence-corrected chi connectivity index (χ4v) is 3.47. The number of benzene rings is 1. The van der Waals surface area contributed by atoms with Crippen molar-refractivity contribution in [1.82, 2.24) is 0 Å². The van der Waals surface area contributed by atoms with E-state index in [-0.39, 0.29) is 11.4 Å². The molecule has 0 spiro atoms. The highest BCUT2D eigenvalue weighted by atomic mass is 32.1. The minimum absolute atomic E-state index is 0.122. The zero-order valence-electron chi connectivity index (χ0n) is 15.0. The second-order valence-electron chi connectivity index (χ2n) is 5.85. The van der Waals surface area contributed by atoms with Crippen molar-refractivity contribution in [2.45, 2.75) is 34.1 Å². The maximum Gasteiger partial charge on any atom is 0.348 e. The zero-order chi connectivity index (χ0) is 19.4. The summed E-state index contributed by atoms with van der Waals surface area (Å²) < 4.78 is 5.03. The highest BCUT2D eigenvalue weighted by molar-refractivity contribution is 7.14. The molecule has 1 aromatic heterocycles. The largest absolute Gasteiger partial charge is 0.451 e. The number of aryl methyl sites for hydroxylation is 3. The molecule has 0 saturated carbocycles. The molecule has 2 rings (SSSR count). The Morgan fingerprint density at radius 1 is 1.23 bits per heavy atom. The number of carbonyl (C=O) groups excluding carboxylic acids is 2. The standard InChI is InChI=1S/C18H20N2O5S/c1-5-14-11(3)8-15(26-14)18(22)25-9-16(21)19-17-12(4)10(2)6-7-13(17)20(23)24/h6-8H,5,9H2,1-4H3,(H,19,21). The molecule has 0 radical (unpaired) electrons. The third-order valence-corrected chi connectivity index (χ3v) is 5.41. The van der Waals surface area contributed by atoms with Crippen LogP contribution in [0.4, 0.5) is 11.4 Å². The van der Waals surface area contributed by atoms with E-state index < -0.39 is 23.4 Å². The Morgan fingerprint density at radius 3 is 2.50 bits per heavy atom. The van der Waals surface area contributed by atoms with Gasteiger partial charge in [0.05, 0.1) is 4.92 Å². The summed E-state index contributed by atoms with van der Waals surface area (Å²) in [6.45, 7) is 6.88. The Hall–Kier alpha value is -2.74. The third-order valence-electron chi connectivity index (χ3n) is 4.05. The molecule has 0 aliphatic carbocycles. The number of nitrogens with one attached hydrogen (secondary N) is 1. The maximum atomic E-state index is 12.1. The van der Waals surface area contributed by atoms with Crippen LogP contribution < -0.4 is 5.32 Å². The molecule has 1 amide bonds. The van der Waals surface area contributed by atoms with Crippen LogP contribution in [0.3, 0.4) is 0 Å². The average Bonchev–Trinajstić information content (AvgIpc) is 2.97. The van der Waals surface area contributed by atoms with E-state index in [4.69, 9.17) is 4.74 Å². The first kappa shape index (κ1) is 19.6. The molecule has 1 N–H and O–H groups in total. The van der Waals surface area contributed by atoms with Crippen LogP contribution in [0, 0.1) is 30.9 Å². The minimum atomic E-state index is -0.626. The predicted octanol–water partition coefficient (Wildman–Crippen LogP) is 3.94. The highest BCUT2D eigenvalue weighted by Crippen LogP contribution is 2.30. The molecule has 1 aromatic carbocycles. The van der Waals surface area contributed by atoms with Gasteiger partial charge in [0.1, 0.15) is 10.6 Å². The van der Waals surface area contributed by atoms with Crippen molar-refractivity contribution in [1.29, 1.82) is 0 Å². The van der Waals surface area contributed by atoms with E-state index >= 15 is 0 Å². The van der Waals surface area contributed by atoms with Crippen LogP contribution in [0.5, 0.6) is 0 Å². The topological polar surface area (TPSA) is 98.5 Å². The summed E-state index contributed by atoms with van der Waals surface area (Å²) in [5, 5.41) is 13.6. The molecule has 1 heterocycles. The van der Waals surface area contributed by atoms with Crippen molar-refractivity contribution in [2.75, 3.05) is 11.9 Å². The van der Waals surface area contributed by atoms with E-state index in [0.29, 0.717) is 10.4 Å². The number of nitrogens with zero attached hydrogens (tertiary/aromatic N) is 1. The Bertz CT molecular complexity index is 873. The molecule has 0 aliphatic rings. The summed E-state index contributed by atoms with van der Waals surface area (Å²) in [7, 11) is 0. The summed E-state index contributed by atoms with van der Waals surface area (Å²) in [5.41, 5.74) is 2.34. The molecule has 0 saturated heterocycles. The number of nitro groups is 1. The average molecular weight is 376 g/mol. The fourth-order valence-electron chi connectivity index (χ4n) is 2.46. The predicted molar refractivity (Wildman–Crippen MR) is 99.9 cm³/mol. The van der Waals surface area contributed by atoms with Gasteiger partial charge in [-0.15, -0.1) is 11.3 Å². The Labute approximate surface area is 155 Å². The number of esters is 1. The Kier molecular flexibility index (Phi) is 6.10. The maximum absolute atomic E-state index is 12.1. The number of thiophene rings is 1. The van der Waals surface area contributed by atoms with Crippen molar-refractivity contribution in [3.63, 3.8) is 0 Å². The molecule has 138 valence electrons. The number of hydrogen-bond acceptors (Lipinski definition) is 6. The number of anilines is 1. The minimum Gasteiger partial charge on any atom is -0.451 e. The molecule has 2 aromatic rings. The van der Waals surface area contributed by atoms with Crippen LogP contribution in [-0.4, -0.2) is 23.4 Å². The molecule has 0 fully saturated rings. The lowest BCUT2D eigenvalue weighted by Gasteiger charge is -2.11. The highest BCUT2D eigenvalue weighted by Gasteiger charge is 2.20. The van der Waals surface area contributed by atoms with Crippen LogP contribution in [0.1, 0.15) is 38.2 Å². The summed E-state index contributed by atoms with van der Waals surface area (Å²) >= 11 is 1.34. The smallest absolute Gasteiger partial charge is 0.348 e. The van der Waals surface area contributed by atoms with Crippen LogP contribution in [0.2, 0.25) is 0 Å². The molecular formula is C18H20N2O5S. The first-order chi connectivity index (χ1) is 12.2. The van der Waals surface area contributed by atoms with E-state index in [9.17, 15) is 19.7 Å². The second kappa shape index (κ2) is 8.09. The first-order valence-electron chi connectivity index (χ1n) is 8.05. The summed E-state index contributed by atoms with van der Waals surface area (Å²) in [4.78, 5) is 36.3. The Morgan fingerprint density at radius 2 is 1.92 bits per heavy atom. The number of carbonyl (C=O) groups is 2. The monoisotopic (exact) mass is 376 g/mol. The van der Waals surface area contributed by atoms with Gasteiger partial charge in [-0.05, 0) is 49.9 Å². The van der Waals surface area contributed by atoms with Gasteiger partial charge in [-0.2, -0.15) is 0 Å². The van der Waals surface area contributed by atoms with Gasteiger partial charge in [0.2, 0.25) is 0 Å². The Balaban J connectivity index is 2.06.